The number of fused-ring (bicyclic) bond motifs is 1. The summed E-state index contributed by atoms with van der Waals surface area (Å²) in [6.07, 6.45) is 1.70. The number of methoxy groups -OCH3 is 1. The smallest absolute Gasteiger partial charge is 0.267 e. The van der Waals surface area contributed by atoms with E-state index in [2.05, 4.69) is 15.3 Å². The highest BCUT2D eigenvalue weighted by Crippen LogP contribution is 2.32. The molecule has 0 saturated carbocycles. The first-order valence-electron chi connectivity index (χ1n) is 8.43. The number of aryl methyl sites for hydroxylation is 1. The van der Waals surface area contributed by atoms with Crippen molar-refractivity contribution in [3.05, 3.63) is 71.4 Å². The number of rotatable bonds is 4. The van der Waals surface area contributed by atoms with Gasteiger partial charge in [-0.1, -0.05) is 30.3 Å². The Balaban J connectivity index is 1.68. The molecule has 2 aromatic heterocycles. The molecule has 6 heteroatoms. The van der Waals surface area contributed by atoms with Crippen LogP contribution in [0.4, 0.5) is 5.69 Å². The number of pyridine rings is 1. The second kappa shape index (κ2) is 7.17. The van der Waals surface area contributed by atoms with E-state index in [1.165, 1.54) is 11.3 Å². The fourth-order valence-electron chi connectivity index (χ4n) is 2.91. The second-order valence-corrected chi connectivity index (χ2v) is 6.97. The van der Waals surface area contributed by atoms with Gasteiger partial charge in [0, 0.05) is 17.1 Å². The highest BCUT2D eigenvalue weighted by atomic mass is 32.1. The summed E-state index contributed by atoms with van der Waals surface area (Å²) in [6, 6.07) is 17.2. The van der Waals surface area contributed by atoms with E-state index < -0.39 is 0 Å². The maximum absolute atomic E-state index is 12.9. The molecule has 0 atom stereocenters. The van der Waals surface area contributed by atoms with Crippen LogP contribution in [0.5, 0.6) is 5.75 Å². The SMILES string of the molecule is COc1ccc(NC(=O)c2sc(-c3ccccc3)nc2C)c2cccnc12. The van der Waals surface area contributed by atoms with Crippen LogP contribution in [0.3, 0.4) is 0 Å². The number of benzene rings is 2. The van der Waals surface area contributed by atoms with Crippen LogP contribution in [0.15, 0.2) is 60.8 Å². The minimum absolute atomic E-state index is 0.178. The Morgan fingerprint density at radius 3 is 2.67 bits per heavy atom. The van der Waals surface area contributed by atoms with E-state index in [0.29, 0.717) is 27.5 Å². The molecular weight excluding hydrogens is 358 g/mol. The molecule has 2 aromatic carbocycles. The first-order chi connectivity index (χ1) is 13.2. The van der Waals surface area contributed by atoms with E-state index >= 15 is 0 Å². The van der Waals surface area contributed by atoms with Gasteiger partial charge in [0.1, 0.15) is 21.2 Å². The maximum atomic E-state index is 12.9. The van der Waals surface area contributed by atoms with Gasteiger partial charge in [-0.2, -0.15) is 0 Å². The molecule has 0 radical (unpaired) electrons. The maximum Gasteiger partial charge on any atom is 0.267 e. The molecule has 0 aliphatic rings. The van der Waals surface area contributed by atoms with Gasteiger partial charge in [0.2, 0.25) is 0 Å². The van der Waals surface area contributed by atoms with Crippen LogP contribution in [0.1, 0.15) is 15.4 Å². The van der Waals surface area contributed by atoms with Crippen molar-refractivity contribution in [1.82, 2.24) is 9.97 Å². The molecule has 4 aromatic rings. The number of nitrogens with one attached hydrogen (secondary N) is 1. The van der Waals surface area contributed by atoms with E-state index in [4.69, 9.17) is 4.74 Å². The molecule has 0 aliphatic heterocycles. The Hall–Kier alpha value is -3.25. The Labute approximate surface area is 160 Å². The van der Waals surface area contributed by atoms with Gasteiger partial charge in [-0.3, -0.25) is 9.78 Å². The molecule has 1 N–H and O–H groups in total. The fraction of sp³-hybridized carbons (Fsp3) is 0.0952. The van der Waals surface area contributed by atoms with E-state index in [9.17, 15) is 4.79 Å². The molecule has 0 aliphatic carbocycles. The van der Waals surface area contributed by atoms with Crippen molar-refractivity contribution in [3.63, 3.8) is 0 Å². The summed E-state index contributed by atoms with van der Waals surface area (Å²) in [5.41, 5.74) is 3.12. The number of nitrogens with zero attached hydrogens (tertiary/aromatic N) is 2. The Morgan fingerprint density at radius 1 is 1.07 bits per heavy atom. The van der Waals surface area contributed by atoms with Gasteiger partial charge < -0.3 is 10.1 Å². The van der Waals surface area contributed by atoms with E-state index in [-0.39, 0.29) is 5.91 Å². The fourth-order valence-corrected chi connectivity index (χ4v) is 3.88. The Kier molecular flexibility index (Phi) is 4.56. The highest BCUT2D eigenvalue weighted by molar-refractivity contribution is 7.17. The van der Waals surface area contributed by atoms with Crippen molar-refractivity contribution < 1.29 is 9.53 Å². The average Bonchev–Trinajstić information content (AvgIpc) is 3.11. The van der Waals surface area contributed by atoms with Gasteiger partial charge >= 0.3 is 0 Å². The highest BCUT2D eigenvalue weighted by Gasteiger charge is 2.18. The molecule has 0 bridgehead atoms. The first-order valence-corrected chi connectivity index (χ1v) is 9.25. The van der Waals surface area contributed by atoms with Crippen LogP contribution in [-0.2, 0) is 0 Å². The number of anilines is 1. The van der Waals surface area contributed by atoms with E-state index in [1.807, 2.05) is 55.5 Å². The molecule has 2 heterocycles. The topological polar surface area (TPSA) is 64.1 Å². The lowest BCUT2D eigenvalue weighted by molar-refractivity contribution is 0.103. The molecule has 0 unspecified atom stereocenters. The monoisotopic (exact) mass is 375 g/mol. The number of amides is 1. The molecule has 4 rings (SSSR count). The van der Waals surface area contributed by atoms with Crippen LogP contribution in [0.25, 0.3) is 21.5 Å². The van der Waals surface area contributed by atoms with E-state index in [1.54, 1.807) is 19.4 Å². The molecular formula is C21H17N3O2S. The lowest BCUT2D eigenvalue weighted by Gasteiger charge is -2.10. The second-order valence-electron chi connectivity index (χ2n) is 5.97. The van der Waals surface area contributed by atoms with Gasteiger partial charge in [0.25, 0.3) is 5.91 Å². The molecule has 5 nitrogen and oxygen atoms in total. The van der Waals surface area contributed by atoms with Gasteiger partial charge in [-0.15, -0.1) is 11.3 Å². The number of thiazole rings is 1. The van der Waals surface area contributed by atoms with Crippen molar-refractivity contribution in [3.8, 4) is 16.3 Å². The number of carbonyl (C=O) groups is 1. The molecule has 27 heavy (non-hydrogen) atoms. The van der Waals surface area contributed by atoms with Crippen LogP contribution < -0.4 is 10.1 Å². The van der Waals surface area contributed by atoms with Crippen LogP contribution in [0.2, 0.25) is 0 Å². The molecule has 0 saturated heterocycles. The zero-order chi connectivity index (χ0) is 18.8. The zero-order valence-corrected chi connectivity index (χ0v) is 15.7. The lowest BCUT2D eigenvalue weighted by Crippen LogP contribution is -2.12. The summed E-state index contributed by atoms with van der Waals surface area (Å²) in [5.74, 6) is 0.492. The number of carbonyl (C=O) groups excluding carboxylic acids is 1. The normalized spacial score (nSPS) is 10.7. The summed E-state index contributed by atoms with van der Waals surface area (Å²) in [4.78, 5) is 22.4. The summed E-state index contributed by atoms with van der Waals surface area (Å²) >= 11 is 1.39. The summed E-state index contributed by atoms with van der Waals surface area (Å²) in [6.45, 7) is 1.85. The Morgan fingerprint density at radius 2 is 1.89 bits per heavy atom. The summed E-state index contributed by atoms with van der Waals surface area (Å²) in [7, 11) is 1.60. The Bertz CT molecular complexity index is 1120. The number of hydrogen-bond donors (Lipinski definition) is 1. The standard InChI is InChI=1S/C21H17N3O2S/c1-13-19(27-21(23-13)14-7-4-3-5-8-14)20(25)24-16-10-11-17(26-2)18-15(16)9-6-12-22-18/h3-12H,1-2H3,(H,24,25). The average molecular weight is 375 g/mol. The van der Waals surface area contributed by atoms with Gasteiger partial charge in [0.05, 0.1) is 18.5 Å². The largest absolute Gasteiger partial charge is 0.494 e. The third-order valence-corrected chi connectivity index (χ3v) is 5.43. The number of ether oxygens (including phenoxy) is 1. The van der Waals surface area contributed by atoms with Crippen molar-refractivity contribution in [2.75, 3.05) is 12.4 Å². The first kappa shape index (κ1) is 17.2. The quantitative estimate of drug-likeness (QED) is 0.549. The molecule has 0 spiro atoms. The van der Waals surface area contributed by atoms with E-state index in [0.717, 1.165) is 16.0 Å². The number of aromatic nitrogens is 2. The molecule has 134 valence electrons. The number of hydrogen-bond acceptors (Lipinski definition) is 5. The van der Waals surface area contributed by atoms with Crippen molar-refractivity contribution in [2.45, 2.75) is 6.92 Å². The summed E-state index contributed by atoms with van der Waals surface area (Å²) < 4.78 is 5.36. The van der Waals surface area contributed by atoms with Crippen molar-refractivity contribution in [1.29, 1.82) is 0 Å². The van der Waals surface area contributed by atoms with Crippen molar-refractivity contribution in [2.24, 2.45) is 0 Å². The van der Waals surface area contributed by atoms with Crippen LogP contribution in [0, 0.1) is 6.92 Å². The zero-order valence-electron chi connectivity index (χ0n) is 14.9. The van der Waals surface area contributed by atoms with Crippen LogP contribution in [-0.4, -0.2) is 23.0 Å². The predicted molar refractivity (Wildman–Crippen MR) is 109 cm³/mol. The third kappa shape index (κ3) is 3.27. The minimum atomic E-state index is -0.178. The predicted octanol–water partition coefficient (Wildman–Crippen LogP) is 4.93. The van der Waals surface area contributed by atoms with Gasteiger partial charge in [-0.05, 0) is 31.2 Å². The minimum Gasteiger partial charge on any atom is -0.494 e. The summed E-state index contributed by atoms with van der Waals surface area (Å²) in [5, 5.41) is 4.66. The molecule has 0 fully saturated rings. The lowest BCUT2D eigenvalue weighted by atomic mass is 10.1. The third-order valence-electron chi connectivity index (χ3n) is 4.22. The van der Waals surface area contributed by atoms with Gasteiger partial charge in [-0.25, -0.2) is 4.98 Å². The molecule has 1 amide bonds. The van der Waals surface area contributed by atoms with Crippen molar-refractivity contribution >= 4 is 33.8 Å². The van der Waals surface area contributed by atoms with Crippen LogP contribution >= 0.6 is 11.3 Å². The van der Waals surface area contributed by atoms with Gasteiger partial charge in [0.15, 0.2) is 0 Å².